The topological polar surface area (TPSA) is 112 Å². The number of nitrogens with two attached hydrogens (primary N) is 1. The summed E-state index contributed by atoms with van der Waals surface area (Å²) < 4.78 is 1.72. The van der Waals surface area contributed by atoms with Gasteiger partial charge in [0.15, 0.2) is 0 Å². The molecule has 0 bridgehead atoms. The molecule has 0 aliphatic rings. The molecule has 0 unspecified atom stereocenters. The van der Waals surface area contributed by atoms with E-state index in [2.05, 4.69) is 25.6 Å². The van der Waals surface area contributed by atoms with Crippen LogP contribution in [-0.4, -0.2) is 30.9 Å². The normalized spacial score (nSPS) is 10.7. The fourth-order valence-electron chi connectivity index (χ4n) is 2.48. The number of hydrogen-bond acceptors (Lipinski definition) is 6. The highest BCUT2D eigenvalue weighted by atomic mass is 16.1. The van der Waals surface area contributed by atoms with Crippen molar-refractivity contribution in [2.75, 3.05) is 5.73 Å². The number of anilines is 1. The van der Waals surface area contributed by atoms with Crippen molar-refractivity contribution < 1.29 is 4.79 Å². The van der Waals surface area contributed by atoms with E-state index in [1.54, 1.807) is 29.9 Å². The van der Waals surface area contributed by atoms with Gasteiger partial charge in [-0.2, -0.15) is 0 Å². The van der Waals surface area contributed by atoms with Gasteiger partial charge in [-0.25, -0.2) is 14.6 Å². The molecule has 8 heteroatoms. The van der Waals surface area contributed by atoms with Gasteiger partial charge >= 0.3 is 0 Å². The van der Waals surface area contributed by atoms with Gasteiger partial charge < -0.3 is 11.1 Å². The Balaban J connectivity index is 1.67. The summed E-state index contributed by atoms with van der Waals surface area (Å²) in [6, 6.07) is 7.41. The van der Waals surface area contributed by atoms with Gasteiger partial charge in [-0.15, -0.1) is 5.10 Å². The van der Waals surface area contributed by atoms with E-state index in [0.29, 0.717) is 36.0 Å². The Kier molecular flexibility index (Phi) is 4.92. The molecule has 0 radical (unpaired) electrons. The predicted octanol–water partition coefficient (Wildman–Crippen LogP) is 1.55. The maximum atomic E-state index is 12.2. The smallest absolute Gasteiger partial charge is 0.251 e. The van der Waals surface area contributed by atoms with Crippen LogP contribution in [0.15, 0.2) is 30.5 Å². The van der Waals surface area contributed by atoms with Crippen molar-refractivity contribution in [3.05, 3.63) is 64.4 Å². The first-order valence-corrected chi connectivity index (χ1v) is 8.26. The zero-order valence-electron chi connectivity index (χ0n) is 15.0. The van der Waals surface area contributed by atoms with Gasteiger partial charge in [0.05, 0.1) is 18.8 Å². The van der Waals surface area contributed by atoms with Crippen LogP contribution in [-0.2, 0) is 13.1 Å². The molecular weight excluding hydrogens is 330 g/mol. The molecule has 0 fully saturated rings. The predicted molar refractivity (Wildman–Crippen MR) is 97.4 cm³/mol. The number of nitrogens with zero attached hydrogens (tertiary/aromatic N) is 5. The first-order valence-electron chi connectivity index (χ1n) is 8.26. The lowest BCUT2D eigenvalue weighted by molar-refractivity contribution is 0.0950. The molecule has 3 N–H and O–H groups in total. The van der Waals surface area contributed by atoms with Crippen molar-refractivity contribution in [1.29, 1.82) is 0 Å². The second-order valence-electron chi connectivity index (χ2n) is 6.16. The molecule has 2 heterocycles. The molecule has 1 aromatic carbocycles. The van der Waals surface area contributed by atoms with Gasteiger partial charge in [-0.05, 0) is 32.9 Å². The second kappa shape index (κ2) is 7.30. The number of carbonyl (C=O) groups excluding carboxylic acids is 1. The molecule has 134 valence electrons. The van der Waals surface area contributed by atoms with E-state index in [1.165, 1.54) is 0 Å². The van der Waals surface area contributed by atoms with E-state index in [0.717, 1.165) is 16.8 Å². The Labute approximate surface area is 151 Å². The number of nitrogen functional groups attached to an aromatic ring is 1. The standard InChI is InChI=1S/C18H21N7O/c1-11-4-6-14(7-5-11)18(26)21-9-16-12(2)25(24-23-16)10-15-8-20-13(3)22-17(15)19/h4-8H,9-10H2,1-3H3,(H,21,26)(H2,19,20,22). The maximum absolute atomic E-state index is 12.2. The first-order chi connectivity index (χ1) is 12.4. The van der Waals surface area contributed by atoms with Crippen LogP contribution < -0.4 is 11.1 Å². The lowest BCUT2D eigenvalue weighted by Crippen LogP contribution is -2.23. The lowest BCUT2D eigenvalue weighted by Gasteiger charge is -2.07. The van der Waals surface area contributed by atoms with E-state index in [4.69, 9.17) is 5.73 Å². The van der Waals surface area contributed by atoms with Crippen molar-refractivity contribution in [1.82, 2.24) is 30.3 Å². The van der Waals surface area contributed by atoms with E-state index in [1.807, 2.05) is 26.0 Å². The van der Waals surface area contributed by atoms with Crippen molar-refractivity contribution >= 4 is 11.7 Å². The zero-order chi connectivity index (χ0) is 18.7. The fourth-order valence-corrected chi connectivity index (χ4v) is 2.48. The van der Waals surface area contributed by atoms with Crippen LogP contribution in [0.2, 0.25) is 0 Å². The molecule has 1 amide bonds. The SMILES string of the molecule is Cc1ccc(C(=O)NCc2nnn(Cc3cnc(C)nc3N)c2C)cc1. The van der Waals surface area contributed by atoms with Gasteiger partial charge in [0.2, 0.25) is 0 Å². The minimum absolute atomic E-state index is 0.143. The Morgan fingerprint density at radius 1 is 1.19 bits per heavy atom. The number of carbonyl (C=O) groups is 1. The number of amides is 1. The average Bonchev–Trinajstić information content (AvgIpc) is 2.96. The second-order valence-corrected chi connectivity index (χ2v) is 6.16. The molecule has 0 aliphatic heterocycles. The van der Waals surface area contributed by atoms with Gasteiger partial charge in [0.25, 0.3) is 5.91 Å². The minimum Gasteiger partial charge on any atom is -0.383 e. The van der Waals surface area contributed by atoms with E-state index < -0.39 is 0 Å². The van der Waals surface area contributed by atoms with Crippen LogP contribution in [0.4, 0.5) is 5.82 Å². The van der Waals surface area contributed by atoms with Gasteiger partial charge in [0, 0.05) is 17.3 Å². The van der Waals surface area contributed by atoms with E-state index >= 15 is 0 Å². The van der Waals surface area contributed by atoms with Gasteiger partial charge in [-0.3, -0.25) is 4.79 Å². The summed E-state index contributed by atoms with van der Waals surface area (Å²) in [6.07, 6.45) is 1.69. The number of aromatic nitrogens is 5. The molecule has 0 aliphatic carbocycles. The Morgan fingerprint density at radius 3 is 2.62 bits per heavy atom. The Bertz CT molecular complexity index is 931. The van der Waals surface area contributed by atoms with E-state index in [-0.39, 0.29) is 5.91 Å². The largest absolute Gasteiger partial charge is 0.383 e. The summed E-state index contributed by atoms with van der Waals surface area (Å²) in [5.74, 6) is 0.915. The molecule has 0 atom stereocenters. The third-order valence-electron chi connectivity index (χ3n) is 4.15. The molecule has 3 rings (SSSR count). The summed E-state index contributed by atoms with van der Waals surface area (Å²) in [5, 5.41) is 11.2. The van der Waals surface area contributed by atoms with Crippen molar-refractivity contribution in [3.63, 3.8) is 0 Å². The van der Waals surface area contributed by atoms with Crippen molar-refractivity contribution in [2.45, 2.75) is 33.9 Å². The number of benzene rings is 1. The Hall–Kier alpha value is -3.29. The molecule has 26 heavy (non-hydrogen) atoms. The molecule has 0 saturated heterocycles. The highest BCUT2D eigenvalue weighted by molar-refractivity contribution is 5.94. The van der Waals surface area contributed by atoms with Crippen molar-refractivity contribution in [2.24, 2.45) is 0 Å². The van der Waals surface area contributed by atoms with E-state index in [9.17, 15) is 4.79 Å². The monoisotopic (exact) mass is 351 g/mol. The van der Waals surface area contributed by atoms with Crippen LogP contribution in [0.5, 0.6) is 0 Å². The third kappa shape index (κ3) is 3.85. The van der Waals surface area contributed by atoms with Crippen LogP contribution in [0.3, 0.4) is 0 Å². The minimum atomic E-state index is -0.143. The summed E-state index contributed by atoms with van der Waals surface area (Å²) in [5.41, 5.74) is 9.99. The summed E-state index contributed by atoms with van der Waals surface area (Å²) in [4.78, 5) is 20.5. The summed E-state index contributed by atoms with van der Waals surface area (Å²) >= 11 is 0. The molecule has 0 saturated carbocycles. The molecule has 3 aromatic rings. The van der Waals surface area contributed by atoms with Gasteiger partial charge in [0.1, 0.15) is 17.3 Å². The van der Waals surface area contributed by atoms with Crippen LogP contribution in [0.1, 0.15) is 38.7 Å². The van der Waals surface area contributed by atoms with Gasteiger partial charge in [-0.1, -0.05) is 22.9 Å². The van der Waals surface area contributed by atoms with Crippen LogP contribution >= 0.6 is 0 Å². The third-order valence-corrected chi connectivity index (χ3v) is 4.15. The fraction of sp³-hybridized carbons (Fsp3) is 0.278. The molecule has 2 aromatic heterocycles. The highest BCUT2D eigenvalue weighted by Gasteiger charge is 2.13. The number of nitrogens with one attached hydrogen (secondary N) is 1. The molecule has 8 nitrogen and oxygen atoms in total. The van der Waals surface area contributed by atoms with Crippen molar-refractivity contribution in [3.8, 4) is 0 Å². The first kappa shape index (κ1) is 17.5. The quantitative estimate of drug-likeness (QED) is 0.721. The van der Waals surface area contributed by atoms with Crippen LogP contribution in [0.25, 0.3) is 0 Å². The Morgan fingerprint density at radius 2 is 1.92 bits per heavy atom. The zero-order valence-corrected chi connectivity index (χ0v) is 15.0. The average molecular weight is 351 g/mol. The number of aryl methyl sites for hydroxylation is 2. The highest BCUT2D eigenvalue weighted by Crippen LogP contribution is 2.12. The number of hydrogen-bond donors (Lipinski definition) is 2. The molecule has 0 spiro atoms. The lowest BCUT2D eigenvalue weighted by atomic mass is 10.1. The van der Waals surface area contributed by atoms with Crippen LogP contribution in [0, 0.1) is 20.8 Å². The number of rotatable bonds is 5. The maximum Gasteiger partial charge on any atom is 0.251 e. The summed E-state index contributed by atoms with van der Waals surface area (Å²) in [7, 11) is 0. The molecular formula is C18H21N7O. The summed E-state index contributed by atoms with van der Waals surface area (Å²) in [6.45, 7) is 6.40.